The summed E-state index contributed by atoms with van der Waals surface area (Å²) in [5, 5.41) is 14.1. The Morgan fingerprint density at radius 2 is 2.38 bits per heavy atom. The van der Waals surface area contributed by atoms with Crippen molar-refractivity contribution in [3.63, 3.8) is 0 Å². The minimum atomic E-state index is -0.571. The minimum Gasteiger partial charge on any atom is -0.481 e. The Hall–Kier alpha value is -1.39. The van der Waals surface area contributed by atoms with Gasteiger partial charge in [-0.05, 0) is 34.5 Å². The molecule has 2 heterocycles. The van der Waals surface area contributed by atoms with Gasteiger partial charge >= 0.3 is 0 Å². The summed E-state index contributed by atoms with van der Waals surface area (Å²) in [5.74, 6) is 0.491. The third kappa shape index (κ3) is 2.40. The summed E-state index contributed by atoms with van der Waals surface area (Å²) in [6, 6.07) is 5.65. The van der Waals surface area contributed by atoms with Crippen molar-refractivity contribution in [1.82, 2.24) is 4.98 Å². The molecule has 84 valence electrons. The topological polar surface area (TPSA) is 42.4 Å². The quantitative estimate of drug-likeness (QED) is 0.885. The number of aliphatic hydroxyl groups is 1. The second-order valence-electron chi connectivity index (χ2n) is 3.45. The zero-order chi connectivity index (χ0) is 11.4. The number of nitrogens with zero attached hydrogens (tertiary/aromatic N) is 1. The van der Waals surface area contributed by atoms with Crippen LogP contribution < -0.4 is 4.74 Å². The molecule has 0 saturated heterocycles. The van der Waals surface area contributed by atoms with Gasteiger partial charge in [-0.2, -0.15) is 11.3 Å². The fourth-order valence-corrected chi connectivity index (χ4v) is 2.25. The van der Waals surface area contributed by atoms with Gasteiger partial charge in [0.25, 0.3) is 0 Å². The molecule has 0 amide bonds. The molecule has 0 aliphatic rings. The molecule has 0 saturated carbocycles. The fraction of sp³-hybridized carbons (Fsp3) is 0.250. The third-order valence-electron chi connectivity index (χ3n) is 2.36. The predicted octanol–water partition coefficient (Wildman–Crippen LogP) is 2.43. The van der Waals surface area contributed by atoms with Gasteiger partial charge < -0.3 is 9.84 Å². The van der Waals surface area contributed by atoms with Crippen molar-refractivity contribution in [2.75, 3.05) is 7.11 Å². The van der Waals surface area contributed by atoms with Crippen LogP contribution in [-0.2, 0) is 6.42 Å². The van der Waals surface area contributed by atoms with Crippen molar-refractivity contribution in [2.45, 2.75) is 12.5 Å². The summed E-state index contributed by atoms with van der Waals surface area (Å²) in [5.41, 5.74) is 1.86. The summed E-state index contributed by atoms with van der Waals surface area (Å²) in [7, 11) is 1.56. The summed E-state index contributed by atoms with van der Waals surface area (Å²) in [6.07, 6.45) is 1.67. The van der Waals surface area contributed by atoms with Crippen LogP contribution in [0.25, 0.3) is 0 Å². The number of ether oxygens (including phenoxy) is 1. The average Bonchev–Trinajstić information content (AvgIpc) is 2.81. The first-order valence-electron chi connectivity index (χ1n) is 4.99. The molecule has 1 unspecified atom stereocenters. The number of aliphatic hydroxyl groups excluding tert-OH is 1. The highest BCUT2D eigenvalue weighted by molar-refractivity contribution is 7.07. The number of hydrogen-bond donors (Lipinski definition) is 1. The van der Waals surface area contributed by atoms with Gasteiger partial charge in [0.1, 0.15) is 0 Å². The van der Waals surface area contributed by atoms with Crippen LogP contribution in [0.1, 0.15) is 17.2 Å². The van der Waals surface area contributed by atoms with Gasteiger partial charge in [-0.15, -0.1) is 0 Å². The highest BCUT2D eigenvalue weighted by Crippen LogP contribution is 2.25. The molecular weight excluding hydrogens is 222 g/mol. The lowest BCUT2D eigenvalue weighted by molar-refractivity contribution is 0.173. The smallest absolute Gasteiger partial charge is 0.218 e. The molecule has 4 heteroatoms. The summed E-state index contributed by atoms with van der Waals surface area (Å²) in [6.45, 7) is 0. The van der Waals surface area contributed by atoms with Crippen molar-refractivity contribution >= 4 is 11.3 Å². The average molecular weight is 235 g/mol. The second-order valence-corrected chi connectivity index (χ2v) is 4.23. The molecular formula is C12H13NO2S. The maximum atomic E-state index is 10.1. The summed E-state index contributed by atoms with van der Waals surface area (Å²) >= 11 is 1.63. The van der Waals surface area contributed by atoms with Crippen LogP contribution in [0.5, 0.6) is 5.88 Å². The standard InChI is InChI=1S/C12H13NO2S/c1-15-12-10(3-2-5-13-12)11(14)7-9-4-6-16-8-9/h2-6,8,11,14H,7H2,1H3. The zero-order valence-electron chi connectivity index (χ0n) is 8.96. The van der Waals surface area contributed by atoms with E-state index in [1.165, 1.54) is 0 Å². The Kier molecular flexibility index (Phi) is 3.54. The molecule has 0 spiro atoms. The Bertz CT molecular complexity index is 442. The number of thiophene rings is 1. The van der Waals surface area contributed by atoms with Crippen molar-refractivity contribution in [3.8, 4) is 5.88 Å². The molecule has 0 aromatic carbocycles. The van der Waals surface area contributed by atoms with Gasteiger partial charge in [0.05, 0.1) is 13.2 Å². The molecule has 1 N–H and O–H groups in total. The molecule has 2 rings (SSSR count). The van der Waals surface area contributed by atoms with Crippen molar-refractivity contribution in [2.24, 2.45) is 0 Å². The van der Waals surface area contributed by atoms with Crippen LogP contribution >= 0.6 is 11.3 Å². The molecule has 0 aliphatic heterocycles. The first-order chi connectivity index (χ1) is 7.81. The molecule has 2 aromatic heterocycles. The van der Waals surface area contributed by atoms with Gasteiger partial charge in [0, 0.05) is 18.2 Å². The van der Waals surface area contributed by atoms with Gasteiger partial charge in [-0.1, -0.05) is 0 Å². The molecule has 0 fully saturated rings. The molecule has 1 atom stereocenters. The zero-order valence-corrected chi connectivity index (χ0v) is 9.78. The van der Waals surface area contributed by atoms with Crippen LogP contribution in [0.15, 0.2) is 35.2 Å². The Labute approximate surface area is 98.4 Å². The number of aromatic nitrogens is 1. The third-order valence-corrected chi connectivity index (χ3v) is 3.09. The SMILES string of the molecule is COc1ncccc1C(O)Cc1ccsc1. The van der Waals surface area contributed by atoms with Gasteiger partial charge in [0.15, 0.2) is 0 Å². The van der Waals surface area contributed by atoms with Crippen LogP contribution in [0.2, 0.25) is 0 Å². The molecule has 3 nitrogen and oxygen atoms in total. The van der Waals surface area contributed by atoms with E-state index in [1.54, 1.807) is 30.7 Å². The number of pyridine rings is 1. The number of hydrogen-bond acceptors (Lipinski definition) is 4. The fourth-order valence-electron chi connectivity index (χ4n) is 1.57. The first kappa shape index (κ1) is 11.1. The van der Waals surface area contributed by atoms with E-state index in [1.807, 2.05) is 22.9 Å². The lowest BCUT2D eigenvalue weighted by atomic mass is 10.0. The highest BCUT2D eigenvalue weighted by atomic mass is 32.1. The van der Waals surface area contributed by atoms with E-state index in [9.17, 15) is 5.11 Å². The Morgan fingerprint density at radius 3 is 3.06 bits per heavy atom. The monoisotopic (exact) mass is 235 g/mol. The Balaban J connectivity index is 2.17. The summed E-state index contributed by atoms with van der Waals surface area (Å²) < 4.78 is 5.12. The molecule has 0 aliphatic carbocycles. The van der Waals surface area contributed by atoms with Crippen LogP contribution in [0, 0.1) is 0 Å². The van der Waals surface area contributed by atoms with E-state index >= 15 is 0 Å². The maximum Gasteiger partial charge on any atom is 0.218 e. The first-order valence-corrected chi connectivity index (χ1v) is 5.93. The van der Waals surface area contributed by atoms with Gasteiger partial charge in [-0.25, -0.2) is 4.98 Å². The number of methoxy groups -OCH3 is 1. The van der Waals surface area contributed by atoms with Crippen LogP contribution in [-0.4, -0.2) is 17.2 Å². The summed E-state index contributed by atoms with van der Waals surface area (Å²) in [4.78, 5) is 4.07. The molecule has 2 aromatic rings. The highest BCUT2D eigenvalue weighted by Gasteiger charge is 2.14. The van der Waals surface area contributed by atoms with Gasteiger partial charge in [0.2, 0.25) is 5.88 Å². The second kappa shape index (κ2) is 5.09. The van der Waals surface area contributed by atoms with E-state index in [0.717, 1.165) is 11.1 Å². The predicted molar refractivity (Wildman–Crippen MR) is 63.8 cm³/mol. The molecule has 0 bridgehead atoms. The Morgan fingerprint density at radius 1 is 1.50 bits per heavy atom. The van der Waals surface area contributed by atoms with Crippen LogP contribution in [0.4, 0.5) is 0 Å². The van der Waals surface area contributed by atoms with Crippen molar-refractivity contribution < 1.29 is 9.84 Å². The van der Waals surface area contributed by atoms with Crippen molar-refractivity contribution in [3.05, 3.63) is 46.3 Å². The molecule has 0 radical (unpaired) electrons. The lowest BCUT2D eigenvalue weighted by Gasteiger charge is -2.12. The van der Waals surface area contributed by atoms with E-state index in [4.69, 9.17) is 4.74 Å². The normalized spacial score (nSPS) is 12.4. The molecule has 16 heavy (non-hydrogen) atoms. The maximum absolute atomic E-state index is 10.1. The van der Waals surface area contributed by atoms with Gasteiger partial charge in [-0.3, -0.25) is 0 Å². The number of rotatable bonds is 4. The van der Waals surface area contributed by atoms with E-state index in [2.05, 4.69) is 4.98 Å². The van der Waals surface area contributed by atoms with E-state index in [0.29, 0.717) is 12.3 Å². The van der Waals surface area contributed by atoms with Crippen LogP contribution in [0.3, 0.4) is 0 Å². The van der Waals surface area contributed by atoms with E-state index in [-0.39, 0.29) is 0 Å². The lowest BCUT2D eigenvalue weighted by Crippen LogP contribution is -2.04. The minimum absolute atomic E-state index is 0.491. The largest absolute Gasteiger partial charge is 0.481 e. The van der Waals surface area contributed by atoms with E-state index < -0.39 is 6.10 Å². The van der Waals surface area contributed by atoms with Crippen molar-refractivity contribution in [1.29, 1.82) is 0 Å².